The van der Waals surface area contributed by atoms with Gasteiger partial charge in [-0.05, 0) is 38.8 Å². The Morgan fingerprint density at radius 2 is 1.86 bits per heavy atom. The SMILES string of the molecule is CCOc1ccc(OCC)c(NC(N)=NCC2(N3CCSCC3)CCCC2)c1.I. The number of ether oxygens (including phenoxy) is 2. The van der Waals surface area contributed by atoms with Gasteiger partial charge < -0.3 is 20.5 Å². The largest absolute Gasteiger partial charge is 0.494 e. The van der Waals surface area contributed by atoms with E-state index in [9.17, 15) is 0 Å². The van der Waals surface area contributed by atoms with Crippen LogP contribution in [0.5, 0.6) is 11.5 Å². The van der Waals surface area contributed by atoms with Crippen molar-refractivity contribution >= 4 is 47.4 Å². The molecule has 164 valence electrons. The Morgan fingerprint density at radius 3 is 2.52 bits per heavy atom. The van der Waals surface area contributed by atoms with Crippen LogP contribution in [0.2, 0.25) is 0 Å². The molecule has 0 amide bonds. The average Bonchev–Trinajstić information content (AvgIpc) is 3.20. The number of thioether (sulfide) groups is 1. The molecule has 1 aromatic rings. The molecular weight excluding hydrogens is 499 g/mol. The summed E-state index contributed by atoms with van der Waals surface area (Å²) in [4.78, 5) is 7.43. The van der Waals surface area contributed by atoms with Crippen molar-refractivity contribution in [2.45, 2.75) is 45.1 Å². The third-order valence-corrected chi connectivity index (χ3v) is 6.53. The van der Waals surface area contributed by atoms with E-state index >= 15 is 0 Å². The zero-order chi connectivity index (χ0) is 19.8. The molecule has 8 heteroatoms. The minimum atomic E-state index is 0. The number of aliphatic imine (C=N–C) groups is 1. The predicted molar refractivity (Wildman–Crippen MR) is 134 cm³/mol. The number of benzene rings is 1. The standard InChI is InChI=1S/C21H34N4O2S.HI/c1-3-26-17-7-8-19(27-4-2)18(15-17)24-20(22)23-16-21(9-5-6-10-21)25-11-13-28-14-12-25;/h7-8,15H,3-6,9-14,16H2,1-2H3,(H3,22,23,24);1H. The van der Waals surface area contributed by atoms with Gasteiger partial charge in [-0.15, -0.1) is 24.0 Å². The second-order valence-electron chi connectivity index (χ2n) is 7.38. The van der Waals surface area contributed by atoms with Gasteiger partial charge in [0, 0.05) is 36.2 Å². The number of hydrogen-bond donors (Lipinski definition) is 2. The zero-order valence-corrected chi connectivity index (χ0v) is 20.8. The van der Waals surface area contributed by atoms with Crippen LogP contribution >= 0.6 is 35.7 Å². The fraction of sp³-hybridized carbons (Fsp3) is 0.667. The number of nitrogens with one attached hydrogen (secondary N) is 1. The maximum absolute atomic E-state index is 6.28. The molecule has 0 aromatic heterocycles. The molecule has 3 N–H and O–H groups in total. The van der Waals surface area contributed by atoms with E-state index in [1.54, 1.807) is 0 Å². The van der Waals surface area contributed by atoms with Crippen LogP contribution in [0.4, 0.5) is 5.69 Å². The molecule has 0 bridgehead atoms. The molecular formula is C21H35IN4O2S. The average molecular weight is 535 g/mol. The Bertz CT molecular complexity index is 662. The molecule has 1 heterocycles. The lowest BCUT2D eigenvalue weighted by Crippen LogP contribution is -2.52. The van der Waals surface area contributed by atoms with Crippen LogP contribution in [-0.2, 0) is 0 Å². The lowest BCUT2D eigenvalue weighted by molar-refractivity contribution is 0.112. The third kappa shape index (κ3) is 6.55. The number of guanidine groups is 1. The van der Waals surface area contributed by atoms with Crippen molar-refractivity contribution in [3.05, 3.63) is 18.2 Å². The summed E-state index contributed by atoms with van der Waals surface area (Å²) in [6.07, 6.45) is 5.02. The molecule has 0 unspecified atom stereocenters. The van der Waals surface area contributed by atoms with Crippen molar-refractivity contribution in [3.8, 4) is 11.5 Å². The summed E-state index contributed by atoms with van der Waals surface area (Å²) < 4.78 is 11.3. The number of hydrogen-bond acceptors (Lipinski definition) is 5. The topological polar surface area (TPSA) is 72.1 Å². The first-order valence-electron chi connectivity index (χ1n) is 10.5. The summed E-state index contributed by atoms with van der Waals surface area (Å²) in [5, 5.41) is 3.24. The number of anilines is 1. The van der Waals surface area contributed by atoms with Crippen LogP contribution in [0.1, 0.15) is 39.5 Å². The molecule has 3 rings (SSSR count). The summed E-state index contributed by atoms with van der Waals surface area (Å²) >= 11 is 2.05. The van der Waals surface area contributed by atoms with E-state index in [0.717, 1.165) is 23.7 Å². The molecule has 6 nitrogen and oxygen atoms in total. The van der Waals surface area contributed by atoms with Crippen LogP contribution in [0.15, 0.2) is 23.2 Å². The van der Waals surface area contributed by atoms with E-state index in [4.69, 9.17) is 20.2 Å². The number of nitrogens with zero attached hydrogens (tertiary/aromatic N) is 2. The van der Waals surface area contributed by atoms with Gasteiger partial charge in [0.1, 0.15) is 11.5 Å². The molecule has 0 atom stereocenters. The molecule has 1 aromatic carbocycles. The molecule has 29 heavy (non-hydrogen) atoms. The highest BCUT2D eigenvalue weighted by Crippen LogP contribution is 2.37. The number of nitrogens with two attached hydrogens (primary N) is 1. The van der Waals surface area contributed by atoms with E-state index in [2.05, 4.69) is 22.0 Å². The van der Waals surface area contributed by atoms with Crippen LogP contribution in [0, 0.1) is 0 Å². The Labute approximate surface area is 196 Å². The van der Waals surface area contributed by atoms with Gasteiger partial charge in [0.25, 0.3) is 0 Å². The Hall–Kier alpha value is -0.870. The molecule has 2 fully saturated rings. The number of halogens is 1. The quantitative estimate of drug-likeness (QED) is 0.296. The fourth-order valence-electron chi connectivity index (χ4n) is 4.20. The predicted octanol–water partition coefficient (Wildman–Crippen LogP) is 4.19. The third-order valence-electron chi connectivity index (χ3n) is 5.58. The van der Waals surface area contributed by atoms with E-state index in [1.807, 2.05) is 32.0 Å². The van der Waals surface area contributed by atoms with Gasteiger partial charge in [0.05, 0.1) is 25.4 Å². The Balaban J connectivity index is 0.00000300. The second-order valence-corrected chi connectivity index (χ2v) is 8.61. The summed E-state index contributed by atoms with van der Waals surface area (Å²) in [5.74, 6) is 4.43. The molecule has 1 saturated carbocycles. The van der Waals surface area contributed by atoms with Gasteiger partial charge >= 0.3 is 0 Å². The smallest absolute Gasteiger partial charge is 0.193 e. The molecule has 2 aliphatic rings. The van der Waals surface area contributed by atoms with E-state index in [-0.39, 0.29) is 29.5 Å². The first-order valence-corrected chi connectivity index (χ1v) is 11.6. The fourth-order valence-corrected chi connectivity index (χ4v) is 5.10. The minimum Gasteiger partial charge on any atom is -0.494 e. The summed E-state index contributed by atoms with van der Waals surface area (Å²) in [5.41, 5.74) is 7.26. The Morgan fingerprint density at radius 1 is 1.17 bits per heavy atom. The maximum Gasteiger partial charge on any atom is 0.193 e. The van der Waals surface area contributed by atoms with Crippen molar-refractivity contribution in [3.63, 3.8) is 0 Å². The molecule has 1 aliphatic heterocycles. The van der Waals surface area contributed by atoms with Crippen LogP contribution < -0.4 is 20.5 Å². The molecule has 1 saturated heterocycles. The summed E-state index contributed by atoms with van der Waals surface area (Å²) in [6.45, 7) is 8.24. The lowest BCUT2D eigenvalue weighted by Gasteiger charge is -2.42. The lowest BCUT2D eigenvalue weighted by atomic mass is 9.95. The summed E-state index contributed by atoms with van der Waals surface area (Å²) in [6, 6.07) is 5.74. The van der Waals surface area contributed by atoms with Crippen molar-refractivity contribution in [2.24, 2.45) is 10.7 Å². The molecule has 0 spiro atoms. The van der Waals surface area contributed by atoms with E-state index in [0.29, 0.717) is 19.2 Å². The molecule has 0 radical (unpaired) electrons. The molecule has 1 aliphatic carbocycles. The highest BCUT2D eigenvalue weighted by Gasteiger charge is 2.39. The van der Waals surface area contributed by atoms with Crippen molar-refractivity contribution < 1.29 is 9.47 Å². The van der Waals surface area contributed by atoms with Crippen LogP contribution in [0.3, 0.4) is 0 Å². The van der Waals surface area contributed by atoms with Gasteiger partial charge in [-0.2, -0.15) is 11.8 Å². The van der Waals surface area contributed by atoms with Crippen LogP contribution in [-0.4, -0.2) is 60.8 Å². The highest BCUT2D eigenvalue weighted by molar-refractivity contribution is 14.0. The zero-order valence-electron chi connectivity index (χ0n) is 17.6. The maximum atomic E-state index is 6.28. The minimum absolute atomic E-state index is 0. The normalized spacial score (nSPS) is 19.4. The first kappa shape index (κ1) is 24.4. The van der Waals surface area contributed by atoms with Gasteiger partial charge in [-0.1, -0.05) is 12.8 Å². The summed E-state index contributed by atoms with van der Waals surface area (Å²) in [7, 11) is 0. The first-order chi connectivity index (χ1) is 13.7. The second kappa shape index (κ2) is 12.1. The monoisotopic (exact) mass is 534 g/mol. The van der Waals surface area contributed by atoms with Gasteiger partial charge in [-0.3, -0.25) is 9.89 Å². The van der Waals surface area contributed by atoms with Crippen LogP contribution in [0.25, 0.3) is 0 Å². The van der Waals surface area contributed by atoms with Gasteiger partial charge in [-0.25, -0.2) is 0 Å². The van der Waals surface area contributed by atoms with Crippen molar-refractivity contribution in [2.75, 3.05) is 49.7 Å². The van der Waals surface area contributed by atoms with E-state index in [1.165, 1.54) is 50.3 Å². The van der Waals surface area contributed by atoms with Crippen molar-refractivity contribution in [1.82, 2.24) is 4.90 Å². The Kier molecular flexibility index (Phi) is 10.2. The van der Waals surface area contributed by atoms with Crippen molar-refractivity contribution in [1.29, 1.82) is 0 Å². The highest BCUT2D eigenvalue weighted by atomic mass is 127. The van der Waals surface area contributed by atoms with E-state index < -0.39 is 0 Å². The van der Waals surface area contributed by atoms with Gasteiger partial charge in [0.2, 0.25) is 0 Å². The van der Waals surface area contributed by atoms with Gasteiger partial charge in [0.15, 0.2) is 5.96 Å². The number of rotatable bonds is 8.